The first-order valence-corrected chi connectivity index (χ1v) is 5.04. The van der Waals surface area contributed by atoms with Crippen molar-refractivity contribution >= 4 is 0 Å². The van der Waals surface area contributed by atoms with Crippen LogP contribution in [0.5, 0.6) is 0 Å². The number of nitrogens with zero attached hydrogens (tertiary/aromatic N) is 1. The Hall–Kier alpha value is -0.300. The van der Waals surface area contributed by atoms with Crippen molar-refractivity contribution in [3.8, 4) is 0 Å². The van der Waals surface area contributed by atoms with E-state index >= 15 is 0 Å². The van der Waals surface area contributed by atoms with E-state index in [4.69, 9.17) is 0 Å². The second kappa shape index (κ2) is 6.24. The molecule has 1 rings (SSSR count). The molecule has 0 radical (unpaired) electrons. The fourth-order valence-corrected chi connectivity index (χ4v) is 1.50. The molecule has 12 heavy (non-hydrogen) atoms. The van der Waals surface area contributed by atoms with E-state index < -0.39 is 0 Å². The van der Waals surface area contributed by atoms with E-state index in [9.17, 15) is 0 Å². The summed E-state index contributed by atoms with van der Waals surface area (Å²) in [6.45, 7) is 12.6. The second-order valence-corrected chi connectivity index (χ2v) is 3.42. The van der Waals surface area contributed by atoms with Gasteiger partial charge in [0.25, 0.3) is 0 Å². The lowest BCUT2D eigenvalue weighted by Gasteiger charge is -2.28. The SMILES string of the molecule is C=C(C)C1CCN(C)CC1.CC. The smallest absolute Gasteiger partial charge is 0.00161 e. The Labute approximate surface area is 77.5 Å². The van der Waals surface area contributed by atoms with Gasteiger partial charge in [-0.2, -0.15) is 0 Å². The number of rotatable bonds is 1. The molecule has 0 aliphatic carbocycles. The lowest BCUT2D eigenvalue weighted by atomic mass is 9.91. The van der Waals surface area contributed by atoms with Crippen molar-refractivity contribution in [1.29, 1.82) is 0 Å². The zero-order chi connectivity index (χ0) is 9.56. The quantitative estimate of drug-likeness (QED) is 0.545. The first-order chi connectivity index (χ1) is 5.70. The molecule has 1 nitrogen and oxygen atoms in total. The topological polar surface area (TPSA) is 3.24 Å². The zero-order valence-electron chi connectivity index (χ0n) is 9.06. The lowest BCUT2D eigenvalue weighted by molar-refractivity contribution is 0.238. The molecule has 0 aromatic rings. The molecule has 0 saturated carbocycles. The molecule has 0 atom stereocenters. The summed E-state index contributed by atoms with van der Waals surface area (Å²) in [6.07, 6.45) is 2.62. The Kier molecular flexibility index (Phi) is 6.09. The van der Waals surface area contributed by atoms with Crippen molar-refractivity contribution in [2.75, 3.05) is 20.1 Å². The third kappa shape index (κ3) is 3.91. The molecule has 1 aliphatic heterocycles. The van der Waals surface area contributed by atoms with Crippen LogP contribution in [0.15, 0.2) is 12.2 Å². The number of allylic oxidation sites excluding steroid dienone is 1. The predicted octanol–water partition coefficient (Wildman–Crippen LogP) is 2.93. The molecule has 1 heterocycles. The number of piperidine rings is 1. The van der Waals surface area contributed by atoms with Crippen LogP contribution in [0.25, 0.3) is 0 Å². The minimum atomic E-state index is 0.802. The van der Waals surface area contributed by atoms with Gasteiger partial charge in [0.15, 0.2) is 0 Å². The molecule has 1 fully saturated rings. The summed E-state index contributed by atoms with van der Waals surface area (Å²) in [5, 5.41) is 0. The predicted molar refractivity (Wildman–Crippen MR) is 56.4 cm³/mol. The average molecular weight is 169 g/mol. The summed E-state index contributed by atoms with van der Waals surface area (Å²) in [5.74, 6) is 0.802. The monoisotopic (exact) mass is 169 g/mol. The third-order valence-corrected chi connectivity index (χ3v) is 2.42. The molecule has 1 saturated heterocycles. The van der Waals surface area contributed by atoms with Crippen molar-refractivity contribution in [3.63, 3.8) is 0 Å². The fourth-order valence-electron chi connectivity index (χ4n) is 1.50. The highest BCUT2D eigenvalue weighted by molar-refractivity contribution is 4.97. The van der Waals surface area contributed by atoms with E-state index in [2.05, 4.69) is 25.5 Å². The van der Waals surface area contributed by atoms with E-state index in [1.807, 2.05) is 13.8 Å². The van der Waals surface area contributed by atoms with Gasteiger partial charge in [0.1, 0.15) is 0 Å². The normalized spacial score (nSPS) is 19.7. The summed E-state index contributed by atoms with van der Waals surface area (Å²) in [6, 6.07) is 0. The Balaban J connectivity index is 0.000000561. The Morgan fingerprint density at radius 1 is 1.25 bits per heavy atom. The second-order valence-electron chi connectivity index (χ2n) is 3.42. The Morgan fingerprint density at radius 2 is 1.67 bits per heavy atom. The van der Waals surface area contributed by atoms with Crippen LogP contribution in [0.1, 0.15) is 33.6 Å². The van der Waals surface area contributed by atoms with Crippen molar-refractivity contribution in [1.82, 2.24) is 4.90 Å². The largest absolute Gasteiger partial charge is 0.306 e. The summed E-state index contributed by atoms with van der Waals surface area (Å²) in [7, 11) is 2.19. The molecule has 0 bridgehead atoms. The maximum atomic E-state index is 3.99. The minimum Gasteiger partial charge on any atom is -0.306 e. The first kappa shape index (κ1) is 11.7. The highest BCUT2D eigenvalue weighted by Gasteiger charge is 2.16. The van der Waals surface area contributed by atoms with Crippen LogP contribution in [-0.4, -0.2) is 25.0 Å². The third-order valence-electron chi connectivity index (χ3n) is 2.42. The molecule has 0 amide bonds. The molecule has 72 valence electrons. The van der Waals surface area contributed by atoms with Crippen molar-refractivity contribution in [2.45, 2.75) is 33.6 Å². The molecule has 1 aliphatic rings. The van der Waals surface area contributed by atoms with Crippen LogP contribution in [-0.2, 0) is 0 Å². The van der Waals surface area contributed by atoms with Crippen molar-refractivity contribution < 1.29 is 0 Å². The highest BCUT2D eigenvalue weighted by atomic mass is 15.1. The number of hydrogen-bond acceptors (Lipinski definition) is 1. The van der Waals surface area contributed by atoms with Crippen LogP contribution in [0.4, 0.5) is 0 Å². The zero-order valence-corrected chi connectivity index (χ0v) is 9.06. The molecule has 0 aromatic heterocycles. The van der Waals surface area contributed by atoms with E-state index in [-0.39, 0.29) is 0 Å². The number of likely N-dealkylation sites (tertiary alicyclic amines) is 1. The van der Waals surface area contributed by atoms with E-state index in [1.54, 1.807) is 0 Å². The van der Waals surface area contributed by atoms with Gasteiger partial charge in [-0.3, -0.25) is 0 Å². The van der Waals surface area contributed by atoms with Gasteiger partial charge in [-0.25, -0.2) is 0 Å². The lowest BCUT2D eigenvalue weighted by Crippen LogP contribution is -2.30. The van der Waals surface area contributed by atoms with E-state index in [0.29, 0.717) is 0 Å². The Morgan fingerprint density at radius 3 is 2.00 bits per heavy atom. The van der Waals surface area contributed by atoms with Gasteiger partial charge < -0.3 is 4.90 Å². The van der Waals surface area contributed by atoms with E-state index in [0.717, 1.165) is 5.92 Å². The maximum absolute atomic E-state index is 3.99. The van der Waals surface area contributed by atoms with E-state index in [1.165, 1.54) is 31.5 Å². The van der Waals surface area contributed by atoms with Gasteiger partial charge in [-0.1, -0.05) is 26.0 Å². The molecule has 1 heteroatoms. The van der Waals surface area contributed by atoms with Gasteiger partial charge >= 0.3 is 0 Å². The molecule has 0 aromatic carbocycles. The minimum absolute atomic E-state index is 0.802. The van der Waals surface area contributed by atoms with Crippen molar-refractivity contribution in [2.24, 2.45) is 5.92 Å². The molecule has 0 unspecified atom stereocenters. The summed E-state index contributed by atoms with van der Waals surface area (Å²) in [5.41, 5.74) is 1.37. The first-order valence-electron chi connectivity index (χ1n) is 5.04. The number of hydrogen-bond donors (Lipinski definition) is 0. The average Bonchev–Trinajstić information content (AvgIpc) is 2.09. The standard InChI is InChI=1S/C9H17N.C2H6/c1-8(2)9-4-6-10(3)7-5-9;1-2/h9H,1,4-7H2,2-3H3;1-2H3. The van der Waals surface area contributed by atoms with Gasteiger partial charge in [0.2, 0.25) is 0 Å². The molecule has 0 spiro atoms. The molecular formula is C11H23N. The van der Waals surface area contributed by atoms with Crippen LogP contribution in [0, 0.1) is 5.92 Å². The van der Waals surface area contributed by atoms with Gasteiger partial charge in [0, 0.05) is 0 Å². The molecule has 0 N–H and O–H groups in total. The molecular weight excluding hydrogens is 146 g/mol. The van der Waals surface area contributed by atoms with Gasteiger partial charge in [-0.05, 0) is 45.8 Å². The Bertz CT molecular complexity index is 121. The summed E-state index contributed by atoms with van der Waals surface area (Å²) >= 11 is 0. The van der Waals surface area contributed by atoms with Gasteiger partial charge in [0.05, 0.1) is 0 Å². The summed E-state index contributed by atoms with van der Waals surface area (Å²) in [4.78, 5) is 2.39. The maximum Gasteiger partial charge on any atom is -0.00161 e. The van der Waals surface area contributed by atoms with Crippen LogP contribution in [0.3, 0.4) is 0 Å². The van der Waals surface area contributed by atoms with Crippen LogP contribution >= 0.6 is 0 Å². The van der Waals surface area contributed by atoms with Crippen LogP contribution < -0.4 is 0 Å². The van der Waals surface area contributed by atoms with Crippen LogP contribution in [0.2, 0.25) is 0 Å². The van der Waals surface area contributed by atoms with Crippen molar-refractivity contribution in [3.05, 3.63) is 12.2 Å². The summed E-state index contributed by atoms with van der Waals surface area (Å²) < 4.78 is 0. The van der Waals surface area contributed by atoms with Gasteiger partial charge in [-0.15, -0.1) is 0 Å². The fraction of sp³-hybridized carbons (Fsp3) is 0.818. The highest BCUT2D eigenvalue weighted by Crippen LogP contribution is 2.21.